The minimum absolute atomic E-state index is 0.196. The second-order valence-electron chi connectivity index (χ2n) is 4.94. The molecule has 0 aliphatic carbocycles. The Hall–Kier alpha value is -0.320. The maximum atomic E-state index is 10.5. The Kier molecular flexibility index (Phi) is 11.1. The van der Waals surface area contributed by atoms with E-state index >= 15 is 0 Å². The van der Waals surface area contributed by atoms with Gasteiger partial charge in [-0.3, -0.25) is 4.57 Å². The molecule has 3 unspecified atom stereocenters. The highest BCUT2D eigenvalue weighted by atomic mass is 35.5. The van der Waals surface area contributed by atoms with E-state index in [4.69, 9.17) is 32.9 Å². The van der Waals surface area contributed by atoms with Gasteiger partial charge in [-0.25, -0.2) is 0 Å². The van der Waals surface area contributed by atoms with Crippen LogP contribution in [-0.2, 0) is 9.13 Å². The van der Waals surface area contributed by atoms with Crippen LogP contribution in [0.1, 0.15) is 24.4 Å². The van der Waals surface area contributed by atoms with Gasteiger partial charge < -0.3 is 16.4 Å². The predicted molar refractivity (Wildman–Crippen MR) is 92.0 cm³/mol. The summed E-state index contributed by atoms with van der Waals surface area (Å²) < 4.78 is 20.9. The molecule has 0 heterocycles. The van der Waals surface area contributed by atoms with Crippen molar-refractivity contribution in [1.82, 2.24) is 0 Å². The van der Waals surface area contributed by atoms with Crippen molar-refractivity contribution in [3.05, 3.63) is 34.9 Å². The fraction of sp³-hybridized carbons (Fsp3) is 0.538. The van der Waals surface area contributed by atoms with Crippen molar-refractivity contribution >= 4 is 27.0 Å². The van der Waals surface area contributed by atoms with Crippen LogP contribution in [-0.4, -0.2) is 35.3 Å². The summed E-state index contributed by atoms with van der Waals surface area (Å²) in [5.74, 6) is 0. The highest BCUT2D eigenvalue weighted by Gasteiger charge is 2.14. The normalized spacial score (nSPS) is 15.3. The van der Waals surface area contributed by atoms with Crippen molar-refractivity contribution in [2.45, 2.75) is 18.9 Å². The van der Waals surface area contributed by atoms with E-state index < -0.39 is 15.4 Å². The third-order valence-corrected chi connectivity index (χ3v) is 4.75. The molecule has 0 aliphatic heterocycles. The van der Waals surface area contributed by atoms with Gasteiger partial charge in [-0.2, -0.15) is 4.89 Å². The van der Waals surface area contributed by atoms with Gasteiger partial charge in [-0.05, 0) is 35.2 Å². The zero-order valence-electron chi connectivity index (χ0n) is 12.6. The van der Waals surface area contributed by atoms with Gasteiger partial charge in [0.1, 0.15) is 0 Å². The summed E-state index contributed by atoms with van der Waals surface area (Å²) in [6, 6.07) is 6.98. The SMILES string of the molecule is CP(=O)(O)CCCN.NC(CC[P+](=O)O)c1ccc(Cl)cc1. The van der Waals surface area contributed by atoms with Crippen molar-refractivity contribution in [2.24, 2.45) is 11.5 Å². The van der Waals surface area contributed by atoms with Crippen LogP contribution in [0.15, 0.2) is 24.3 Å². The molecule has 3 atom stereocenters. The minimum atomic E-state index is -2.76. The van der Waals surface area contributed by atoms with Crippen molar-refractivity contribution in [3.8, 4) is 0 Å². The standard InChI is InChI=1S/C9H11ClNO2P.C4H12NO2P/c10-8-3-1-7(2-4-8)9(11)5-6-14(12)13;1-8(6,7)4-2-3-5/h1-4,9H,5-6,11H2;2-5H2,1H3,(H,6,7)/p+1. The van der Waals surface area contributed by atoms with Crippen LogP contribution in [0.3, 0.4) is 0 Å². The smallest absolute Gasteiger partial charge is 0.344 e. The van der Waals surface area contributed by atoms with E-state index in [1.54, 1.807) is 12.1 Å². The fourth-order valence-electron chi connectivity index (χ4n) is 1.51. The molecule has 1 aromatic carbocycles. The fourth-order valence-corrected chi connectivity index (χ4v) is 2.91. The Morgan fingerprint density at radius 1 is 1.36 bits per heavy atom. The van der Waals surface area contributed by atoms with Crippen molar-refractivity contribution < 1.29 is 18.9 Å². The Morgan fingerprint density at radius 2 is 1.91 bits per heavy atom. The van der Waals surface area contributed by atoms with Gasteiger partial charge in [-0.15, -0.1) is 0 Å². The number of hydrogen-bond donors (Lipinski definition) is 4. The van der Waals surface area contributed by atoms with Crippen molar-refractivity contribution in [2.75, 3.05) is 25.5 Å². The summed E-state index contributed by atoms with van der Waals surface area (Å²) in [5.41, 5.74) is 11.9. The van der Waals surface area contributed by atoms with E-state index in [9.17, 15) is 9.13 Å². The molecule has 6 N–H and O–H groups in total. The van der Waals surface area contributed by atoms with E-state index in [0.29, 0.717) is 30.6 Å². The van der Waals surface area contributed by atoms with Gasteiger partial charge in [0.2, 0.25) is 0 Å². The average Bonchev–Trinajstić information content (AvgIpc) is 2.43. The summed E-state index contributed by atoms with van der Waals surface area (Å²) in [4.78, 5) is 17.3. The molecule has 0 amide bonds. The van der Waals surface area contributed by atoms with Crippen LogP contribution in [0.2, 0.25) is 5.02 Å². The van der Waals surface area contributed by atoms with Gasteiger partial charge in [0.15, 0.2) is 13.5 Å². The summed E-state index contributed by atoms with van der Waals surface area (Å²) in [7, 11) is -4.85. The van der Waals surface area contributed by atoms with Gasteiger partial charge in [0.25, 0.3) is 0 Å². The molecule has 0 saturated carbocycles. The lowest BCUT2D eigenvalue weighted by Gasteiger charge is -2.08. The quantitative estimate of drug-likeness (QED) is 0.547. The molecule has 0 radical (unpaired) electrons. The van der Waals surface area contributed by atoms with Gasteiger partial charge in [0.05, 0.1) is 0 Å². The van der Waals surface area contributed by atoms with E-state index in [1.165, 1.54) is 6.66 Å². The topological polar surface area (TPSA) is 127 Å². The first kappa shape index (κ1) is 21.7. The first-order chi connectivity index (χ1) is 10.2. The Balaban J connectivity index is 0.000000472. The van der Waals surface area contributed by atoms with Crippen LogP contribution >= 0.6 is 27.0 Å². The van der Waals surface area contributed by atoms with E-state index in [-0.39, 0.29) is 12.2 Å². The lowest BCUT2D eigenvalue weighted by molar-refractivity contribution is 0.483. The molecule has 0 spiro atoms. The molecule has 0 fully saturated rings. The van der Waals surface area contributed by atoms with Crippen LogP contribution in [0.5, 0.6) is 0 Å². The van der Waals surface area contributed by atoms with Crippen molar-refractivity contribution in [3.63, 3.8) is 0 Å². The van der Waals surface area contributed by atoms with Crippen LogP contribution in [0, 0.1) is 0 Å². The van der Waals surface area contributed by atoms with Crippen LogP contribution < -0.4 is 11.5 Å². The zero-order valence-corrected chi connectivity index (χ0v) is 15.1. The minimum Gasteiger partial charge on any atom is -0.344 e. The lowest BCUT2D eigenvalue weighted by atomic mass is 10.1. The summed E-state index contributed by atoms with van der Waals surface area (Å²) in [6.07, 6.45) is 1.74. The van der Waals surface area contributed by atoms with E-state index in [1.807, 2.05) is 12.1 Å². The zero-order chi connectivity index (χ0) is 17.2. The number of benzene rings is 1. The Bertz CT molecular complexity index is 493. The number of halogens is 1. The molecule has 9 heteroatoms. The molecule has 126 valence electrons. The second-order valence-corrected chi connectivity index (χ2v) is 9.08. The molecule has 1 aromatic rings. The third kappa shape index (κ3) is 12.2. The molecular formula is C13H24ClN2O4P2+. The van der Waals surface area contributed by atoms with Gasteiger partial charge in [-0.1, -0.05) is 23.7 Å². The monoisotopic (exact) mass is 369 g/mol. The molecule has 0 saturated heterocycles. The molecule has 1 rings (SSSR count). The molecular weight excluding hydrogens is 346 g/mol. The van der Waals surface area contributed by atoms with Gasteiger partial charge in [0, 0.05) is 30.3 Å². The van der Waals surface area contributed by atoms with Crippen molar-refractivity contribution in [1.29, 1.82) is 0 Å². The third-order valence-electron chi connectivity index (χ3n) is 2.71. The first-order valence-electron chi connectivity index (χ1n) is 6.79. The van der Waals surface area contributed by atoms with Crippen LogP contribution in [0.25, 0.3) is 0 Å². The molecule has 0 bridgehead atoms. The number of nitrogens with two attached hydrogens (primary N) is 2. The molecule has 6 nitrogen and oxygen atoms in total. The summed E-state index contributed by atoms with van der Waals surface area (Å²) >= 11 is 5.72. The largest absolute Gasteiger partial charge is 0.505 e. The number of rotatable bonds is 7. The maximum Gasteiger partial charge on any atom is 0.505 e. The van der Waals surface area contributed by atoms with E-state index in [2.05, 4.69) is 0 Å². The average molecular weight is 370 g/mol. The van der Waals surface area contributed by atoms with E-state index in [0.717, 1.165) is 5.56 Å². The molecule has 0 aromatic heterocycles. The first-order valence-corrected chi connectivity index (χ1v) is 10.9. The summed E-state index contributed by atoms with van der Waals surface area (Å²) in [5, 5.41) is 0.661. The highest BCUT2D eigenvalue weighted by Crippen LogP contribution is 2.35. The van der Waals surface area contributed by atoms with Crippen LogP contribution in [0.4, 0.5) is 0 Å². The maximum absolute atomic E-state index is 10.5. The lowest BCUT2D eigenvalue weighted by Crippen LogP contribution is -2.10. The Morgan fingerprint density at radius 3 is 2.27 bits per heavy atom. The molecule has 0 aliphatic rings. The van der Waals surface area contributed by atoms with Gasteiger partial charge >= 0.3 is 8.03 Å². The predicted octanol–water partition coefficient (Wildman–Crippen LogP) is 2.70. The number of hydrogen-bond acceptors (Lipinski definition) is 4. The Labute approximate surface area is 137 Å². The molecule has 22 heavy (non-hydrogen) atoms. The highest BCUT2D eigenvalue weighted by molar-refractivity contribution is 7.57. The second kappa shape index (κ2) is 11.3. The summed E-state index contributed by atoms with van der Waals surface area (Å²) in [6.45, 7) is 1.85.